The van der Waals surface area contributed by atoms with Crippen molar-refractivity contribution in [2.24, 2.45) is 10.9 Å². The van der Waals surface area contributed by atoms with Crippen molar-refractivity contribution < 1.29 is 19.4 Å². The summed E-state index contributed by atoms with van der Waals surface area (Å²) in [5, 5.41) is 11.6. The first-order valence-corrected chi connectivity index (χ1v) is 5.97. The van der Waals surface area contributed by atoms with Crippen LogP contribution in [0.4, 0.5) is 0 Å². The van der Waals surface area contributed by atoms with Gasteiger partial charge in [0.2, 0.25) is 0 Å². The zero-order valence-electron chi connectivity index (χ0n) is 11.3. The topological polar surface area (TPSA) is 86.3 Å². The normalized spacial score (nSPS) is 11.6. The highest BCUT2D eigenvalue weighted by atomic mass is 16.5. The highest BCUT2D eigenvalue weighted by Crippen LogP contribution is 2.17. The number of oxime groups is 1. The summed E-state index contributed by atoms with van der Waals surface area (Å²) in [4.78, 5) is 0. The Balaban J connectivity index is 2.42. The van der Waals surface area contributed by atoms with Gasteiger partial charge in [-0.05, 0) is 30.7 Å². The molecule has 0 fully saturated rings. The number of benzene rings is 1. The van der Waals surface area contributed by atoms with Gasteiger partial charge in [0.05, 0.1) is 19.8 Å². The Hall–Kier alpha value is -1.79. The van der Waals surface area contributed by atoms with Gasteiger partial charge in [-0.1, -0.05) is 5.16 Å². The van der Waals surface area contributed by atoms with E-state index in [1.165, 1.54) is 0 Å². The molecule has 0 unspecified atom stereocenters. The van der Waals surface area contributed by atoms with E-state index in [0.717, 1.165) is 11.3 Å². The average molecular weight is 268 g/mol. The summed E-state index contributed by atoms with van der Waals surface area (Å²) in [5.41, 5.74) is 7.11. The minimum absolute atomic E-state index is 0.0898. The maximum Gasteiger partial charge on any atom is 0.170 e. The van der Waals surface area contributed by atoms with Gasteiger partial charge in [-0.15, -0.1) is 0 Å². The van der Waals surface area contributed by atoms with Crippen molar-refractivity contribution in [3.8, 4) is 5.75 Å². The zero-order chi connectivity index (χ0) is 14.1. The fourth-order valence-electron chi connectivity index (χ4n) is 1.53. The highest BCUT2D eigenvalue weighted by Gasteiger charge is 2.05. The van der Waals surface area contributed by atoms with Gasteiger partial charge >= 0.3 is 0 Å². The van der Waals surface area contributed by atoms with Gasteiger partial charge in [0.1, 0.15) is 12.4 Å². The number of methoxy groups -OCH3 is 1. The van der Waals surface area contributed by atoms with Crippen LogP contribution in [0, 0.1) is 6.92 Å². The van der Waals surface area contributed by atoms with Gasteiger partial charge in [0.15, 0.2) is 5.84 Å². The number of hydrogen-bond acceptors (Lipinski definition) is 5. The quantitative estimate of drug-likeness (QED) is 0.243. The number of amidine groups is 1. The molecular weight excluding hydrogens is 248 g/mol. The number of nitrogens with zero attached hydrogens (tertiary/aromatic N) is 1. The fourth-order valence-corrected chi connectivity index (χ4v) is 1.53. The molecule has 19 heavy (non-hydrogen) atoms. The van der Waals surface area contributed by atoms with Crippen molar-refractivity contribution in [3.63, 3.8) is 0 Å². The van der Waals surface area contributed by atoms with E-state index in [0.29, 0.717) is 32.0 Å². The smallest absolute Gasteiger partial charge is 0.170 e. The fraction of sp³-hybridized carbons (Fsp3) is 0.462. The maximum absolute atomic E-state index is 8.63. The van der Waals surface area contributed by atoms with Gasteiger partial charge < -0.3 is 25.2 Å². The number of aryl methyl sites for hydroxylation is 1. The number of ether oxygens (including phenoxy) is 3. The van der Waals surface area contributed by atoms with Crippen LogP contribution in [0.5, 0.6) is 5.75 Å². The molecule has 1 aromatic carbocycles. The van der Waals surface area contributed by atoms with E-state index < -0.39 is 0 Å². The Morgan fingerprint density at radius 2 is 2.00 bits per heavy atom. The van der Waals surface area contributed by atoms with Crippen LogP contribution in [-0.4, -0.2) is 44.6 Å². The highest BCUT2D eigenvalue weighted by molar-refractivity contribution is 5.98. The molecule has 0 spiro atoms. The minimum Gasteiger partial charge on any atom is -0.491 e. The molecule has 0 radical (unpaired) electrons. The Kier molecular flexibility index (Phi) is 6.70. The summed E-state index contributed by atoms with van der Waals surface area (Å²) >= 11 is 0. The molecule has 0 aromatic heterocycles. The van der Waals surface area contributed by atoms with Crippen molar-refractivity contribution in [2.75, 3.05) is 33.5 Å². The van der Waals surface area contributed by atoms with Gasteiger partial charge in [-0.25, -0.2) is 0 Å². The minimum atomic E-state index is 0.0898. The lowest BCUT2D eigenvalue weighted by atomic mass is 10.1. The van der Waals surface area contributed by atoms with Crippen LogP contribution >= 0.6 is 0 Å². The third-order valence-corrected chi connectivity index (χ3v) is 2.51. The first-order valence-electron chi connectivity index (χ1n) is 5.97. The standard InChI is InChI=1S/C13H20N2O4/c1-10-9-11(3-4-12(10)13(14)15-16)19-8-7-18-6-5-17-2/h3-4,9,16H,5-8H2,1-2H3,(H2,14,15). The van der Waals surface area contributed by atoms with Crippen molar-refractivity contribution in [2.45, 2.75) is 6.92 Å². The third-order valence-electron chi connectivity index (χ3n) is 2.51. The Morgan fingerprint density at radius 1 is 1.26 bits per heavy atom. The van der Waals surface area contributed by atoms with E-state index in [-0.39, 0.29) is 5.84 Å². The van der Waals surface area contributed by atoms with E-state index >= 15 is 0 Å². The zero-order valence-corrected chi connectivity index (χ0v) is 11.3. The van der Waals surface area contributed by atoms with Crippen molar-refractivity contribution in [1.82, 2.24) is 0 Å². The lowest BCUT2D eigenvalue weighted by Gasteiger charge is -2.09. The van der Waals surface area contributed by atoms with Crippen LogP contribution in [0.15, 0.2) is 23.4 Å². The van der Waals surface area contributed by atoms with Gasteiger partial charge in [0.25, 0.3) is 0 Å². The first kappa shape index (κ1) is 15.3. The second kappa shape index (κ2) is 8.34. The van der Waals surface area contributed by atoms with Crippen LogP contribution in [0.3, 0.4) is 0 Å². The average Bonchev–Trinajstić information content (AvgIpc) is 2.42. The van der Waals surface area contributed by atoms with Crippen molar-refractivity contribution >= 4 is 5.84 Å². The summed E-state index contributed by atoms with van der Waals surface area (Å²) in [6.45, 7) is 3.97. The molecule has 1 rings (SSSR count). The molecule has 0 heterocycles. The summed E-state index contributed by atoms with van der Waals surface area (Å²) in [5.74, 6) is 0.814. The molecule has 0 atom stereocenters. The summed E-state index contributed by atoms with van der Waals surface area (Å²) in [6.07, 6.45) is 0. The molecular formula is C13H20N2O4. The third kappa shape index (κ3) is 5.15. The molecule has 0 aliphatic carbocycles. The predicted molar refractivity (Wildman–Crippen MR) is 71.9 cm³/mol. The van der Waals surface area contributed by atoms with Crippen molar-refractivity contribution in [1.29, 1.82) is 0 Å². The molecule has 1 aromatic rings. The molecule has 6 heteroatoms. The molecule has 0 aliphatic heterocycles. The molecule has 106 valence electrons. The van der Waals surface area contributed by atoms with Crippen LogP contribution in [0.25, 0.3) is 0 Å². The number of rotatable bonds is 8. The summed E-state index contributed by atoms with van der Waals surface area (Å²) < 4.78 is 15.7. The Labute approximate surface area is 112 Å². The van der Waals surface area contributed by atoms with Gasteiger partial charge in [0, 0.05) is 12.7 Å². The van der Waals surface area contributed by atoms with Crippen molar-refractivity contribution in [3.05, 3.63) is 29.3 Å². The number of nitrogens with two attached hydrogens (primary N) is 1. The summed E-state index contributed by atoms with van der Waals surface area (Å²) in [7, 11) is 1.63. The molecule has 0 saturated heterocycles. The van der Waals surface area contributed by atoms with E-state index in [9.17, 15) is 0 Å². The van der Waals surface area contributed by atoms with Crippen LogP contribution in [0.2, 0.25) is 0 Å². The molecule has 0 bridgehead atoms. The second-order valence-electron chi connectivity index (χ2n) is 3.92. The number of hydrogen-bond donors (Lipinski definition) is 2. The Morgan fingerprint density at radius 3 is 2.63 bits per heavy atom. The molecule has 6 nitrogen and oxygen atoms in total. The molecule has 3 N–H and O–H groups in total. The largest absolute Gasteiger partial charge is 0.491 e. The maximum atomic E-state index is 8.63. The molecule has 0 amide bonds. The molecule has 0 saturated carbocycles. The van der Waals surface area contributed by atoms with E-state index in [4.69, 9.17) is 25.2 Å². The summed E-state index contributed by atoms with van der Waals surface area (Å²) in [6, 6.07) is 5.36. The van der Waals surface area contributed by atoms with Crippen LogP contribution in [0.1, 0.15) is 11.1 Å². The SMILES string of the molecule is COCCOCCOc1ccc(/C(N)=N/O)c(C)c1. The second-order valence-corrected chi connectivity index (χ2v) is 3.92. The van der Waals surface area contributed by atoms with Crippen LogP contribution in [-0.2, 0) is 9.47 Å². The van der Waals surface area contributed by atoms with E-state index in [1.807, 2.05) is 13.0 Å². The first-order chi connectivity index (χ1) is 9.19. The monoisotopic (exact) mass is 268 g/mol. The Bertz CT molecular complexity index is 421. The van der Waals surface area contributed by atoms with Crippen LogP contribution < -0.4 is 10.5 Å². The van der Waals surface area contributed by atoms with E-state index in [2.05, 4.69) is 5.16 Å². The van der Waals surface area contributed by atoms with Gasteiger partial charge in [-0.3, -0.25) is 0 Å². The molecule has 0 aliphatic rings. The lowest BCUT2D eigenvalue weighted by Crippen LogP contribution is -2.15. The lowest BCUT2D eigenvalue weighted by molar-refractivity contribution is 0.0544. The predicted octanol–water partition coefficient (Wildman–Crippen LogP) is 1.13. The van der Waals surface area contributed by atoms with E-state index in [1.54, 1.807) is 19.2 Å². The van der Waals surface area contributed by atoms with Gasteiger partial charge in [-0.2, -0.15) is 0 Å².